The molecule has 27 heavy (non-hydrogen) atoms. The predicted molar refractivity (Wildman–Crippen MR) is 110 cm³/mol. The molecule has 4 heteroatoms. The molecule has 0 bridgehead atoms. The quantitative estimate of drug-likeness (QED) is 0.688. The summed E-state index contributed by atoms with van der Waals surface area (Å²) in [6.07, 6.45) is 3.41. The van der Waals surface area contributed by atoms with Gasteiger partial charge in [0.1, 0.15) is 0 Å². The molecule has 3 aromatic rings. The zero-order valence-electron chi connectivity index (χ0n) is 16.1. The van der Waals surface area contributed by atoms with Crippen molar-refractivity contribution in [3.05, 3.63) is 89.2 Å². The van der Waals surface area contributed by atoms with Crippen molar-refractivity contribution in [2.45, 2.75) is 27.3 Å². The van der Waals surface area contributed by atoms with E-state index in [0.29, 0.717) is 12.1 Å². The van der Waals surface area contributed by atoms with Crippen molar-refractivity contribution >= 4 is 17.3 Å². The molecule has 0 aliphatic heterocycles. The summed E-state index contributed by atoms with van der Waals surface area (Å²) in [7, 11) is 0. The number of hydrogen-bond donors (Lipinski definition) is 1. The summed E-state index contributed by atoms with van der Waals surface area (Å²) in [6.45, 7) is 7.51. The lowest BCUT2D eigenvalue weighted by Crippen LogP contribution is -2.24. The van der Waals surface area contributed by atoms with Crippen LogP contribution < -0.4 is 10.2 Å². The number of aryl methyl sites for hydroxylation is 2. The zero-order valence-corrected chi connectivity index (χ0v) is 16.1. The Morgan fingerprint density at radius 2 is 1.81 bits per heavy atom. The lowest BCUT2D eigenvalue weighted by Gasteiger charge is -2.23. The summed E-state index contributed by atoms with van der Waals surface area (Å²) in [5.74, 6) is -0.118. The van der Waals surface area contributed by atoms with Gasteiger partial charge in [-0.05, 0) is 55.7 Å². The van der Waals surface area contributed by atoms with Crippen LogP contribution in [0.4, 0.5) is 11.4 Å². The van der Waals surface area contributed by atoms with Gasteiger partial charge in [0.15, 0.2) is 0 Å². The van der Waals surface area contributed by atoms with Crippen molar-refractivity contribution in [2.75, 3.05) is 11.4 Å². The summed E-state index contributed by atoms with van der Waals surface area (Å²) in [5.41, 5.74) is 6.05. The maximum Gasteiger partial charge on any atom is 0.253 e. The second-order valence-electron chi connectivity index (χ2n) is 6.62. The molecule has 1 amide bonds. The summed E-state index contributed by atoms with van der Waals surface area (Å²) >= 11 is 0. The van der Waals surface area contributed by atoms with Crippen LogP contribution in [0.2, 0.25) is 0 Å². The minimum atomic E-state index is -0.118. The molecular weight excluding hydrogens is 334 g/mol. The minimum Gasteiger partial charge on any atom is -0.348 e. The lowest BCUT2D eigenvalue weighted by atomic mass is 10.1. The van der Waals surface area contributed by atoms with E-state index >= 15 is 0 Å². The van der Waals surface area contributed by atoms with Crippen LogP contribution in [-0.4, -0.2) is 17.4 Å². The van der Waals surface area contributed by atoms with Gasteiger partial charge in [0.25, 0.3) is 5.91 Å². The van der Waals surface area contributed by atoms with Crippen molar-refractivity contribution in [1.29, 1.82) is 0 Å². The number of nitrogens with one attached hydrogen (secondary N) is 1. The topological polar surface area (TPSA) is 45.2 Å². The molecule has 1 aromatic heterocycles. The maximum atomic E-state index is 12.6. The molecule has 0 fully saturated rings. The number of rotatable bonds is 6. The standard InChI is InChI=1S/C23H25N3O/c1-4-26(21-11-7-8-17(2)12-21)22-13-20(14-24-16-22)23(27)25-15-19-10-6-5-9-18(19)3/h5-14,16H,4,15H2,1-3H3,(H,25,27). The van der Waals surface area contributed by atoms with Gasteiger partial charge in [-0.3, -0.25) is 9.78 Å². The van der Waals surface area contributed by atoms with E-state index in [9.17, 15) is 4.79 Å². The van der Waals surface area contributed by atoms with Gasteiger partial charge in [-0.25, -0.2) is 0 Å². The van der Waals surface area contributed by atoms with E-state index in [4.69, 9.17) is 0 Å². The number of carbonyl (C=O) groups is 1. The summed E-state index contributed by atoms with van der Waals surface area (Å²) in [4.78, 5) is 19.1. The molecule has 2 aromatic carbocycles. The second kappa shape index (κ2) is 8.49. The lowest BCUT2D eigenvalue weighted by molar-refractivity contribution is 0.0950. The molecule has 0 spiro atoms. The SMILES string of the molecule is CCN(c1cccc(C)c1)c1cncc(C(=O)NCc2ccccc2C)c1. The van der Waals surface area contributed by atoms with E-state index < -0.39 is 0 Å². The predicted octanol–water partition coefficient (Wildman–Crippen LogP) is 4.79. The van der Waals surface area contributed by atoms with E-state index in [0.717, 1.165) is 23.5 Å². The number of pyridine rings is 1. The number of benzene rings is 2. The first-order valence-electron chi connectivity index (χ1n) is 9.20. The van der Waals surface area contributed by atoms with Crippen molar-refractivity contribution in [2.24, 2.45) is 0 Å². The van der Waals surface area contributed by atoms with E-state index in [1.807, 2.05) is 43.3 Å². The molecule has 0 radical (unpaired) electrons. The molecular formula is C23H25N3O. The van der Waals surface area contributed by atoms with Crippen LogP contribution in [-0.2, 0) is 6.54 Å². The van der Waals surface area contributed by atoms with Crippen LogP contribution >= 0.6 is 0 Å². The smallest absolute Gasteiger partial charge is 0.253 e. The second-order valence-corrected chi connectivity index (χ2v) is 6.62. The largest absolute Gasteiger partial charge is 0.348 e. The fourth-order valence-corrected chi connectivity index (χ4v) is 3.10. The van der Waals surface area contributed by atoms with Crippen molar-refractivity contribution in [1.82, 2.24) is 10.3 Å². The van der Waals surface area contributed by atoms with Gasteiger partial charge in [-0.15, -0.1) is 0 Å². The van der Waals surface area contributed by atoms with Crippen molar-refractivity contribution in [3.63, 3.8) is 0 Å². The Morgan fingerprint density at radius 1 is 1.00 bits per heavy atom. The average molecular weight is 359 g/mol. The molecule has 1 N–H and O–H groups in total. The third-order valence-electron chi connectivity index (χ3n) is 4.63. The highest BCUT2D eigenvalue weighted by Gasteiger charge is 2.12. The molecule has 1 heterocycles. The summed E-state index contributed by atoms with van der Waals surface area (Å²) < 4.78 is 0. The number of amides is 1. The molecule has 4 nitrogen and oxygen atoms in total. The Kier molecular flexibility index (Phi) is 5.87. The van der Waals surface area contributed by atoms with Crippen molar-refractivity contribution < 1.29 is 4.79 Å². The van der Waals surface area contributed by atoms with Crippen LogP contribution in [0, 0.1) is 13.8 Å². The summed E-state index contributed by atoms with van der Waals surface area (Å²) in [5, 5.41) is 2.99. The fourth-order valence-electron chi connectivity index (χ4n) is 3.10. The van der Waals surface area contributed by atoms with Gasteiger partial charge in [0.05, 0.1) is 17.4 Å². The monoisotopic (exact) mass is 359 g/mol. The highest BCUT2D eigenvalue weighted by atomic mass is 16.1. The van der Waals surface area contributed by atoms with Gasteiger partial charge < -0.3 is 10.2 Å². The third kappa shape index (κ3) is 4.53. The number of nitrogens with zero attached hydrogens (tertiary/aromatic N) is 2. The van der Waals surface area contributed by atoms with E-state index in [1.54, 1.807) is 12.4 Å². The molecule has 0 saturated carbocycles. The number of hydrogen-bond acceptors (Lipinski definition) is 3. The first kappa shape index (κ1) is 18.6. The van der Waals surface area contributed by atoms with Crippen LogP contribution in [0.1, 0.15) is 34.0 Å². The molecule has 3 rings (SSSR count). The number of carbonyl (C=O) groups excluding carboxylic acids is 1. The number of aromatic nitrogens is 1. The molecule has 0 atom stereocenters. The van der Waals surface area contributed by atoms with Gasteiger partial charge >= 0.3 is 0 Å². The normalized spacial score (nSPS) is 10.5. The van der Waals surface area contributed by atoms with Crippen molar-refractivity contribution in [3.8, 4) is 0 Å². The minimum absolute atomic E-state index is 0.118. The maximum absolute atomic E-state index is 12.6. The molecule has 138 valence electrons. The van der Waals surface area contributed by atoms with E-state index in [2.05, 4.69) is 47.2 Å². The van der Waals surface area contributed by atoms with E-state index in [-0.39, 0.29) is 5.91 Å². The molecule has 0 saturated heterocycles. The van der Waals surface area contributed by atoms with Crippen LogP contribution in [0.3, 0.4) is 0 Å². The molecule has 0 aliphatic rings. The van der Waals surface area contributed by atoms with Crippen LogP contribution in [0.25, 0.3) is 0 Å². The Balaban J connectivity index is 1.78. The first-order chi connectivity index (χ1) is 13.1. The zero-order chi connectivity index (χ0) is 19.2. The van der Waals surface area contributed by atoms with E-state index in [1.165, 1.54) is 11.1 Å². The van der Waals surface area contributed by atoms with Gasteiger partial charge in [-0.1, -0.05) is 36.4 Å². The van der Waals surface area contributed by atoms with Gasteiger partial charge in [0.2, 0.25) is 0 Å². The molecule has 0 aliphatic carbocycles. The Labute approximate surface area is 160 Å². The van der Waals surface area contributed by atoms with Crippen LogP contribution in [0.5, 0.6) is 0 Å². The first-order valence-corrected chi connectivity index (χ1v) is 9.20. The Morgan fingerprint density at radius 3 is 2.56 bits per heavy atom. The highest BCUT2D eigenvalue weighted by molar-refractivity contribution is 5.95. The Hall–Kier alpha value is -3.14. The Bertz CT molecular complexity index is 936. The average Bonchev–Trinajstić information content (AvgIpc) is 2.68. The fraction of sp³-hybridized carbons (Fsp3) is 0.217. The molecule has 0 unspecified atom stereocenters. The van der Waals surface area contributed by atoms with Gasteiger partial charge in [-0.2, -0.15) is 0 Å². The highest BCUT2D eigenvalue weighted by Crippen LogP contribution is 2.25. The summed E-state index contributed by atoms with van der Waals surface area (Å²) in [6, 6.07) is 18.3. The third-order valence-corrected chi connectivity index (χ3v) is 4.63. The van der Waals surface area contributed by atoms with Crippen LogP contribution in [0.15, 0.2) is 67.0 Å². The van der Waals surface area contributed by atoms with Gasteiger partial charge in [0, 0.05) is 25.0 Å². The number of anilines is 2.